The molecule has 1 aliphatic rings. The fourth-order valence-electron chi connectivity index (χ4n) is 3.55. The summed E-state index contributed by atoms with van der Waals surface area (Å²) < 4.78 is 31.7. The first-order valence-corrected chi connectivity index (χ1v) is 11.2. The van der Waals surface area contributed by atoms with Gasteiger partial charge < -0.3 is 10.1 Å². The predicted octanol–water partition coefficient (Wildman–Crippen LogP) is 2.99. The first kappa shape index (κ1) is 19.3. The van der Waals surface area contributed by atoms with Gasteiger partial charge in [0.1, 0.15) is 5.75 Å². The van der Waals surface area contributed by atoms with Crippen molar-refractivity contribution in [1.82, 2.24) is 5.32 Å². The Labute approximate surface area is 170 Å². The summed E-state index contributed by atoms with van der Waals surface area (Å²) in [4.78, 5) is 12.8. The fraction of sp³-hybridized carbons (Fsp3) is 0.227. The number of fused-ring (bicyclic) bond motifs is 2. The Bertz CT molecular complexity index is 1190. The van der Waals surface area contributed by atoms with Crippen molar-refractivity contribution < 1.29 is 17.9 Å². The number of ether oxygens (including phenoxy) is 1. The second-order valence-corrected chi connectivity index (χ2v) is 9.13. The number of carbonyl (C=O) groups excluding carboxylic acids is 1. The van der Waals surface area contributed by atoms with Crippen LogP contribution in [0.25, 0.3) is 10.8 Å². The van der Waals surface area contributed by atoms with E-state index in [0.29, 0.717) is 18.0 Å². The largest absolute Gasteiger partial charge is 0.476 e. The number of carbonyl (C=O) groups is 1. The molecule has 1 N–H and O–H groups in total. The summed E-state index contributed by atoms with van der Waals surface area (Å²) in [5.41, 5.74) is 2.37. The molecule has 1 atom stereocenters. The number of hydrogen-bond acceptors (Lipinski definition) is 4. The van der Waals surface area contributed by atoms with Gasteiger partial charge in [-0.2, -0.15) is 0 Å². The van der Waals surface area contributed by atoms with Crippen LogP contribution in [0.1, 0.15) is 11.1 Å². The molecule has 3 aromatic rings. The van der Waals surface area contributed by atoms with Crippen molar-refractivity contribution in [2.75, 3.05) is 17.1 Å². The molecule has 0 saturated heterocycles. The monoisotopic (exact) mass is 410 g/mol. The van der Waals surface area contributed by atoms with Crippen molar-refractivity contribution in [3.63, 3.8) is 0 Å². The molecule has 4 rings (SSSR count). The number of aryl methyl sites for hydroxylation is 1. The zero-order valence-corrected chi connectivity index (χ0v) is 17.1. The topological polar surface area (TPSA) is 75.7 Å². The summed E-state index contributed by atoms with van der Waals surface area (Å²) in [5.74, 6) is 0.0374. The third-order valence-electron chi connectivity index (χ3n) is 5.01. The number of anilines is 1. The van der Waals surface area contributed by atoms with Crippen LogP contribution in [0.4, 0.5) is 5.69 Å². The van der Waals surface area contributed by atoms with Gasteiger partial charge in [-0.15, -0.1) is 0 Å². The molecule has 0 unspecified atom stereocenters. The van der Waals surface area contributed by atoms with Crippen LogP contribution >= 0.6 is 0 Å². The molecule has 150 valence electrons. The molecular formula is C22H22N2O4S. The molecule has 0 spiro atoms. The number of nitrogens with zero attached hydrogens (tertiary/aromatic N) is 1. The van der Waals surface area contributed by atoms with Crippen molar-refractivity contribution in [3.05, 3.63) is 71.8 Å². The van der Waals surface area contributed by atoms with Crippen LogP contribution in [0.2, 0.25) is 0 Å². The fourth-order valence-corrected chi connectivity index (χ4v) is 4.46. The summed E-state index contributed by atoms with van der Waals surface area (Å²) >= 11 is 0. The molecule has 0 bridgehead atoms. The van der Waals surface area contributed by atoms with Crippen molar-refractivity contribution in [2.24, 2.45) is 0 Å². The first-order valence-electron chi connectivity index (χ1n) is 9.32. The van der Waals surface area contributed by atoms with Gasteiger partial charge in [-0.1, -0.05) is 48.5 Å². The van der Waals surface area contributed by atoms with Crippen LogP contribution in [0.3, 0.4) is 0 Å². The van der Waals surface area contributed by atoms with E-state index in [1.54, 1.807) is 12.1 Å². The van der Waals surface area contributed by atoms with E-state index >= 15 is 0 Å². The highest BCUT2D eigenvalue weighted by atomic mass is 32.2. The zero-order chi connectivity index (χ0) is 20.6. The molecule has 1 heterocycles. The molecule has 3 aromatic carbocycles. The van der Waals surface area contributed by atoms with Crippen LogP contribution < -0.4 is 14.4 Å². The van der Waals surface area contributed by atoms with E-state index in [1.807, 2.05) is 55.5 Å². The van der Waals surface area contributed by atoms with Crippen molar-refractivity contribution in [1.29, 1.82) is 0 Å². The Morgan fingerprint density at radius 2 is 1.90 bits per heavy atom. The number of sulfonamides is 1. The molecule has 0 fully saturated rings. The first-order chi connectivity index (χ1) is 13.8. The Kier molecular flexibility index (Phi) is 4.92. The molecule has 29 heavy (non-hydrogen) atoms. The van der Waals surface area contributed by atoms with E-state index in [0.717, 1.165) is 28.2 Å². The van der Waals surface area contributed by atoms with Gasteiger partial charge in [0.05, 0.1) is 18.5 Å². The van der Waals surface area contributed by atoms with Crippen LogP contribution in [0.15, 0.2) is 60.7 Å². The van der Waals surface area contributed by atoms with Crippen molar-refractivity contribution in [3.8, 4) is 5.75 Å². The highest BCUT2D eigenvalue weighted by Gasteiger charge is 2.35. The maximum Gasteiger partial charge on any atom is 0.263 e. The highest BCUT2D eigenvalue weighted by molar-refractivity contribution is 7.92. The summed E-state index contributed by atoms with van der Waals surface area (Å²) in [6.07, 6.45) is 0.213. The summed E-state index contributed by atoms with van der Waals surface area (Å²) in [5, 5.41) is 5.06. The lowest BCUT2D eigenvalue weighted by molar-refractivity contribution is -0.127. The summed E-state index contributed by atoms with van der Waals surface area (Å²) in [7, 11) is -3.55. The lowest BCUT2D eigenvalue weighted by Gasteiger charge is -2.34. The third kappa shape index (κ3) is 3.91. The van der Waals surface area contributed by atoms with Crippen molar-refractivity contribution in [2.45, 2.75) is 19.6 Å². The summed E-state index contributed by atoms with van der Waals surface area (Å²) in [6.45, 7) is 2.15. The molecule has 6 nitrogen and oxygen atoms in total. The molecule has 0 aliphatic carbocycles. The maximum absolute atomic E-state index is 12.8. The molecule has 1 amide bonds. The van der Waals surface area contributed by atoms with Gasteiger partial charge in [0.25, 0.3) is 5.91 Å². The Morgan fingerprint density at radius 1 is 1.14 bits per heavy atom. The summed E-state index contributed by atoms with van der Waals surface area (Å²) in [6, 6.07) is 19.2. The molecule has 0 saturated carbocycles. The van der Waals surface area contributed by atoms with E-state index in [9.17, 15) is 13.2 Å². The number of benzene rings is 3. The lowest BCUT2D eigenvalue weighted by atomic mass is 10.0. The van der Waals surface area contributed by atoms with Crippen molar-refractivity contribution >= 4 is 32.4 Å². The normalized spacial score (nSPS) is 16.2. The van der Waals surface area contributed by atoms with E-state index in [1.165, 1.54) is 4.31 Å². The number of amides is 1. The van der Waals surface area contributed by atoms with E-state index < -0.39 is 16.1 Å². The van der Waals surface area contributed by atoms with Gasteiger partial charge in [-0.3, -0.25) is 9.10 Å². The standard InChI is InChI=1S/C22H22N2O4S/c1-15-10-11-20-19(12-15)24(29(2,26)27)14-21(28-20)22(25)23-13-17-8-5-7-16-6-3-4-9-18(16)17/h3-12,21H,13-14H2,1-2H3,(H,23,25)/t21-/m0/s1. The second kappa shape index (κ2) is 7.40. The number of hydrogen-bond donors (Lipinski definition) is 1. The van der Waals surface area contributed by atoms with Gasteiger partial charge in [0, 0.05) is 6.54 Å². The minimum Gasteiger partial charge on any atom is -0.476 e. The number of rotatable bonds is 4. The van der Waals surface area contributed by atoms with Gasteiger partial charge in [-0.05, 0) is 41.0 Å². The number of nitrogens with one attached hydrogen (secondary N) is 1. The molecule has 1 aliphatic heterocycles. The Balaban J connectivity index is 1.55. The SMILES string of the molecule is Cc1ccc2c(c1)N(S(C)(=O)=O)C[C@@H](C(=O)NCc1cccc3ccccc13)O2. The quantitative estimate of drug-likeness (QED) is 0.718. The predicted molar refractivity (Wildman–Crippen MR) is 114 cm³/mol. The molecular weight excluding hydrogens is 388 g/mol. The average Bonchev–Trinajstić information content (AvgIpc) is 2.70. The van der Waals surface area contributed by atoms with Gasteiger partial charge >= 0.3 is 0 Å². The van der Waals surface area contributed by atoms with Gasteiger partial charge in [0.2, 0.25) is 10.0 Å². The van der Waals surface area contributed by atoms with Crippen LogP contribution in [-0.4, -0.2) is 33.2 Å². The lowest BCUT2D eigenvalue weighted by Crippen LogP contribution is -2.50. The van der Waals surface area contributed by atoms with E-state index in [-0.39, 0.29) is 12.5 Å². The maximum atomic E-state index is 12.8. The second-order valence-electron chi connectivity index (χ2n) is 7.23. The van der Waals surface area contributed by atoms with Gasteiger partial charge in [-0.25, -0.2) is 8.42 Å². The highest BCUT2D eigenvalue weighted by Crippen LogP contribution is 2.35. The van der Waals surface area contributed by atoms with Crippen LogP contribution in [0, 0.1) is 6.92 Å². The van der Waals surface area contributed by atoms with Crippen LogP contribution in [-0.2, 0) is 21.4 Å². The van der Waals surface area contributed by atoms with E-state index in [4.69, 9.17) is 4.74 Å². The Morgan fingerprint density at radius 3 is 2.69 bits per heavy atom. The van der Waals surface area contributed by atoms with E-state index in [2.05, 4.69) is 5.32 Å². The van der Waals surface area contributed by atoms with Crippen LogP contribution in [0.5, 0.6) is 5.75 Å². The molecule has 0 radical (unpaired) electrons. The third-order valence-corrected chi connectivity index (χ3v) is 6.16. The molecule has 0 aromatic heterocycles. The average molecular weight is 410 g/mol. The minimum atomic E-state index is -3.55. The zero-order valence-electron chi connectivity index (χ0n) is 16.3. The minimum absolute atomic E-state index is 0.0589. The molecule has 7 heteroatoms. The Hall–Kier alpha value is -3.06. The smallest absolute Gasteiger partial charge is 0.263 e. The van der Waals surface area contributed by atoms with Gasteiger partial charge in [0.15, 0.2) is 6.10 Å².